The number of anilines is 1. The average molecular weight is 459 g/mol. The maximum Gasteiger partial charge on any atom is 0.232 e. The van der Waals surface area contributed by atoms with Crippen LogP contribution in [0.2, 0.25) is 5.02 Å². The van der Waals surface area contributed by atoms with Gasteiger partial charge in [0.15, 0.2) is 0 Å². The van der Waals surface area contributed by atoms with E-state index in [9.17, 15) is 17.6 Å². The Balaban J connectivity index is 1.69. The minimum atomic E-state index is -3.42. The van der Waals surface area contributed by atoms with E-state index in [-0.39, 0.29) is 24.7 Å². The van der Waals surface area contributed by atoms with Gasteiger partial charge in [0.2, 0.25) is 15.9 Å². The molecule has 0 aliphatic carbocycles. The molecule has 29 heavy (non-hydrogen) atoms. The molecule has 9 heteroatoms. The standard InChI is InChI=1S/C20H24ClFN2O3S2/c1-29(26,27)24(16-7-3-2-4-8-16)13-6-11-20(25)23-12-14-28-15-17-18(21)9-5-10-19(17)22/h2-5,7-10H,6,11-15H2,1H3,(H,23,25). The molecule has 0 bridgehead atoms. The number of nitrogens with zero attached hydrogens (tertiary/aromatic N) is 1. The molecular weight excluding hydrogens is 435 g/mol. The summed E-state index contributed by atoms with van der Waals surface area (Å²) in [4.78, 5) is 12.0. The van der Waals surface area contributed by atoms with Crippen LogP contribution in [0.25, 0.3) is 0 Å². The van der Waals surface area contributed by atoms with Crippen molar-refractivity contribution in [2.45, 2.75) is 18.6 Å². The molecule has 1 amide bonds. The van der Waals surface area contributed by atoms with Crippen molar-refractivity contribution in [1.29, 1.82) is 0 Å². The number of benzene rings is 2. The van der Waals surface area contributed by atoms with Crippen LogP contribution in [-0.4, -0.2) is 39.4 Å². The summed E-state index contributed by atoms with van der Waals surface area (Å²) in [6, 6.07) is 13.4. The third-order valence-corrected chi connectivity index (χ3v) is 6.62. The van der Waals surface area contributed by atoms with E-state index in [1.165, 1.54) is 22.1 Å². The fourth-order valence-electron chi connectivity index (χ4n) is 2.66. The van der Waals surface area contributed by atoms with Crippen LogP contribution in [0.4, 0.5) is 10.1 Å². The van der Waals surface area contributed by atoms with Crippen molar-refractivity contribution in [1.82, 2.24) is 5.32 Å². The molecule has 0 heterocycles. The van der Waals surface area contributed by atoms with Crippen molar-refractivity contribution in [2.75, 3.05) is 29.4 Å². The molecule has 2 aromatic carbocycles. The van der Waals surface area contributed by atoms with Gasteiger partial charge in [-0.25, -0.2) is 12.8 Å². The predicted octanol–water partition coefficient (Wildman–Crippen LogP) is 4.07. The van der Waals surface area contributed by atoms with Gasteiger partial charge in [0, 0.05) is 41.6 Å². The molecule has 2 rings (SSSR count). The Labute approximate surface area is 180 Å². The number of thioether (sulfide) groups is 1. The molecule has 0 atom stereocenters. The summed E-state index contributed by atoms with van der Waals surface area (Å²) in [6.45, 7) is 0.681. The summed E-state index contributed by atoms with van der Waals surface area (Å²) in [6.07, 6.45) is 1.79. The summed E-state index contributed by atoms with van der Waals surface area (Å²) in [5.74, 6) is 0.580. The first-order valence-corrected chi connectivity index (χ1v) is 12.5. The quantitative estimate of drug-likeness (QED) is 0.515. The fourth-order valence-corrected chi connectivity index (χ4v) is 4.82. The Morgan fingerprint density at radius 3 is 2.55 bits per heavy atom. The number of carbonyl (C=O) groups excluding carboxylic acids is 1. The zero-order valence-electron chi connectivity index (χ0n) is 16.1. The predicted molar refractivity (Wildman–Crippen MR) is 118 cm³/mol. The van der Waals surface area contributed by atoms with Crippen LogP contribution in [0.15, 0.2) is 48.5 Å². The molecule has 158 valence electrons. The molecule has 1 N–H and O–H groups in total. The number of hydrogen-bond donors (Lipinski definition) is 1. The van der Waals surface area contributed by atoms with Crippen LogP contribution in [-0.2, 0) is 20.6 Å². The van der Waals surface area contributed by atoms with Gasteiger partial charge in [0.1, 0.15) is 5.82 Å². The van der Waals surface area contributed by atoms with Gasteiger partial charge in [-0.05, 0) is 30.7 Å². The molecule has 2 aromatic rings. The normalized spacial score (nSPS) is 11.3. The lowest BCUT2D eigenvalue weighted by Crippen LogP contribution is -2.32. The number of rotatable bonds is 11. The average Bonchev–Trinajstić information content (AvgIpc) is 2.66. The second-order valence-corrected chi connectivity index (χ2v) is 9.80. The molecule has 0 aromatic heterocycles. The van der Waals surface area contributed by atoms with E-state index in [0.717, 1.165) is 6.26 Å². The van der Waals surface area contributed by atoms with Crippen LogP contribution in [0.3, 0.4) is 0 Å². The van der Waals surface area contributed by atoms with Crippen LogP contribution in [0, 0.1) is 5.82 Å². The summed E-state index contributed by atoms with van der Waals surface area (Å²) in [7, 11) is -3.42. The number of amides is 1. The van der Waals surface area contributed by atoms with Crippen molar-refractivity contribution < 1.29 is 17.6 Å². The summed E-state index contributed by atoms with van der Waals surface area (Å²) in [5, 5.41) is 3.19. The lowest BCUT2D eigenvalue weighted by Gasteiger charge is -2.22. The lowest BCUT2D eigenvalue weighted by molar-refractivity contribution is -0.121. The largest absolute Gasteiger partial charge is 0.355 e. The Bertz CT molecular complexity index is 891. The minimum Gasteiger partial charge on any atom is -0.355 e. The molecule has 0 spiro atoms. The Kier molecular flexibility index (Phi) is 9.26. The number of para-hydroxylation sites is 1. The number of sulfonamides is 1. The first-order valence-electron chi connectivity index (χ1n) is 9.09. The Hall–Kier alpha value is -1.77. The van der Waals surface area contributed by atoms with E-state index in [4.69, 9.17) is 11.6 Å². The van der Waals surface area contributed by atoms with Crippen molar-refractivity contribution in [3.8, 4) is 0 Å². The van der Waals surface area contributed by atoms with Crippen LogP contribution in [0.1, 0.15) is 18.4 Å². The van der Waals surface area contributed by atoms with Gasteiger partial charge < -0.3 is 5.32 Å². The van der Waals surface area contributed by atoms with Gasteiger partial charge in [-0.3, -0.25) is 9.10 Å². The Morgan fingerprint density at radius 2 is 1.90 bits per heavy atom. The maximum absolute atomic E-state index is 13.7. The second kappa shape index (κ2) is 11.4. The number of halogens is 2. The van der Waals surface area contributed by atoms with Gasteiger partial charge in [-0.2, -0.15) is 11.8 Å². The highest BCUT2D eigenvalue weighted by molar-refractivity contribution is 7.98. The third kappa shape index (κ3) is 7.87. The highest BCUT2D eigenvalue weighted by atomic mass is 35.5. The van der Waals surface area contributed by atoms with Crippen molar-refractivity contribution >= 4 is 45.0 Å². The number of hydrogen-bond acceptors (Lipinski definition) is 4. The van der Waals surface area contributed by atoms with E-state index in [1.807, 2.05) is 6.07 Å². The van der Waals surface area contributed by atoms with E-state index >= 15 is 0 Å². The van der Waals surface area contributed by atoms with Crippen LogP contribution >= 0.6 is 23.4 Å². The highest BCUT2D eigenvalue weighted by Gasteiger charge is 2.17. The van der Waals surface area contributed by atoms with Gasteiger partial charge in [0.05, 0.1) is 11.9 Å². The molecule has 0 aliphatic heterocycles. The zero-order chi connectivity index (χ0) is 21.3. The topological polar surface area (TPSA) is 66.5 Å². The molecule has 0 aliphatic rings. The minimum absolute atomic E-state index is 0.143. The van der Waals surface area contributed by atoms with Gasteiger partial charge in [-0.1, -0.05) is 35.9 Å². The van der Waals surface area contributed by atoms with Gasteiger partial charge >= 0.3 is 0 Å². The molecule has 0 radical (unpaired) electrons. The Morgan fingerprint density at radius 1 is 1.17 bits per heavy atom. The molecule has 0 unspecified atom stereocenters. The maximum atomic E-state index is 13.7. The van der Waals surface area contributed by atoms with E-state index in [1.54, 1.807) is 36.4 Å². The monoisotopic (exact) mass is 458 g/mol. The van der Waals surface area contributed by atoms with E-state index < -0.39 is 10.0 Å². The summed E-state index contributed by atoms with van der Waals surface area (Å²) < 4.78 is 39.0. The third-order valence-electron chi connectivity index (χ3n) is 4.09. The van der Waals surface area contributed by atoms with Crippen molar-refractivity contribution in [3.05, 3.63) is 64.9 Å². The zero-order valence-corrected chi connectivity index (χ0v) is 18.5. The highest BCUT2D eigenvalue weighted by Crippen LogP contribution is 2.23. The fraction of sp³-hybridized carbons (Fsp3) is 0.350. The van der Waals surface area contributed by atoms with Crippen LogP contribution < -0.4 is 9.62 Å². The molecule has 0 saturated carbocycles. The van der Waals surface area contributed by atoms with Gasteiger partial charge in [-0.15, -0.1) is 0 Å². The lowest BCUT2D eigenvalue weighted by atomic mass is 10.2. The van der Waals surface area contributed by atoms with Crippen LogP contribution in [0.5, 0.6) is 0 Å². The second-order valence-electron chi connectivity index (χ2n) is 6.38. The van der Waals surface area contributed by atoms with Crippen molar-refractivity contribution in [3.63, 3.8) is 0 Å². The molecule has 0 fully saturated rings. The van der Waals surface area contributed by atoms with Gasteiger partial charge in [0.25, 0.3) is 0 Å². The molecule has 0 saturated heterocycles. The smallest absolute Gasteiger partial charge is 0.232 e. The first kappa shape index (κ1) is 23.5. The SMILES string of the molecule is CS(=O)(=O)N(CCCC(=O)NCCSCc1c(F)cccc1Cl)c1ccccc1. The van der Waals surface area contributed by atoms with E-state index in [0.29, 0.717) is 40.7 Å². The van der Waals surface area contributed by atoms with Crippen molar-refractivity contribution in [2.24, 2.45) is 0 Å². The van der Waals surface area contributed by atoms with E-state index in [2.05, 4.69) is 5.32 Å². The summed E-state index contributed by atoms with van der Waals surface area (Å²) >= 11 is 7.46. The molecular formula is C20H24ClFN2O3S2. The summed E-state index contributed by atoms with van der Waals surface area (Å²) in [5.41, 5.74) is 1.05. The number of nitrogens with one attached hydrogen (secondary N) is 1. The first-order chi connectivity index (χ1) is 13.8. The number of carbonyl (C=O) groups is 1. The molecule has 5 nitrogen and oxygen atoms in total.